The molecule has 1 heterocycles. The third kappa shape index (κ3) is 3.57. The predicted octanol–water partition coefficient (Wildman–Crippen LogP) is 5.90. The normalized spacial score (nSPS) is 11.6. The molecule has 3 nitrogen and oxygen atoms in total. The SMILES string of the molecule is COc1ccc(C=C(c2ccccc2)c2nc3ccccc3s2)c(OC)c1. The fourth-order valence-corrected chi connectivity index (χ4v) is 3.97. The Balaban J connectivity index is 1.90. The maximum absolute atomic E-state index is 5.58. The molecule has 134 valence electrons. The van der Waals surface area contributed by atoms with Gasteiger partial charge in [-0.2, -0.15) is 0 Å². The average Bonchev–Trinajstić information content (AvgIpc) is 3.16. The summed E-state index contributed by atoms with van der Waals surface area (Å²) in [5.74, 6) is 1.54. The van der Waals surface area contributed by atoms with Crippen LogP contribution >= 0.6 is 11.3 Å². The summed E-state index contributed by atoms with van der Waals surface area (Å²) in [5, 5.41) is 0.986. The highest BCUT2D eigenvalue weighted by Gasteiger charge is 2.13. The standard InChI is InChI=1S/C23H19NO2S/c1-25-18-13-12-17(21(15-18)26-2)14-19(16-8-4-3-5-9-16)23-24-20-10-6-7-11-22(20)27-23/h3-15H,1-2H3. The molecule has 4 aromatic rings. The Hall–Kier alpha value is -3.11. The molecule has 4 rings (SSSR count). The minimum Gasteiger partial charge on any atom is -0.497 e. The van der Waals surface area contributed by atoms with Gasteiger partial charge in [0.05, 0.1) is 24.4 Å². The van der Waals surface area contributed by atoms with Gasteiger partial charge in [0, 0.05) is 17.2 Å². The Morgan fingerprint density at radius 2 is 1.67 bits per heavy atom. The largest absolute Gasteiger partial charge is 0.497 e. The minimum absolute atomic E-state index is 0.767. The second-order valence-electron chi connectivity index (χ2n) is 6.02. The number of thiazole rings is 1. The van der Waals surface area contributed by atoms with Crippen molar-refractivity contribution in [2.45, 2.75) is 0 Å². The van der Waals surface area contributed by atoms with Crippen LogP contribution in [0.15, 0.2) is 72.8 Å². The summed E-state index contributed by atoms with van der Waals surface area (Å²) in [4.78, 5) is 4.86. The van der Waals surface area contributed by atoms with Crippen molar-refractivity contribution in [2.75, 3.05) is 14.2 Å². The zero-order chi connectivity index (χ0) is 18.6. The van der Waals surface area contributed by atoms with Gasteiger partial charge in [-0.05, 0) is 35.9 Å². The van der Waals surface area contributed by atoms with E-state index in [1.807, 2.05) is 54.6 Å². The third-order valence-electron chi connectivity index (χ3n) is 4.35. The van der Waals surface area contributed by atoms with Crippen LogP contribution in [0.1, 0.15) is 16.1 Å². The molecule has 0 aliphatic carbocycles. The van der Waals surface area contributed by atoms with Crippen LogP contribution in [0.4, 0.5) is 0 Å². The molecule has 0 fully saturated rings. The summed E-state index contributed by atoms with van der Waals surface area (Å²) < 4.78 is 12.1. The first-order valence-electron chi connectivity index (χ1n) is 8.63. The first-order chi connectivity index (χ1) is 13.3. The van der Waals surface area contributed by atoms with E-state index in [9.17, 15) is 0 Å². The fraction of sp³-hybridized carbons (Fsp3) is 0.0870. The number of hydrogen-bond donors (Lipinski definition) is 0. The van der Waals surface area contributed by atoms with E-state index < -0.39 is 0 Å². The van der Waals surface area contributed by atoms with Gasteiger partial charge in [-0.1, -0.05) is 42.5 Å². The van der Waals surface area contributed by atoms with Crippen molar-refractivity contribution in [1.82, 2.24) is 4.98 Å². The molecule has 1 aromatic heterocycles. The zero-order valence-electron chi connectivity index (χ0n) is 15.2. The van der Waals surface area contributed by atoms with Crippen LogP contribution in [-0.4, -0.2) is 19.2 Å². The van der Waals surface area contributed by atoms with Crippen molar-refractivity contribution < 1.29 is 9.47 Å². The van der Waals surface area contributed by atoms with Crippen molar-refractivity contribution in [1.29, 1.82) is 0 Å². The first-order valence-corrected chi connectivity index (χ1v) is 9.45. The van der Waals surface area contributed by atoms with Crippen molar-refractivity contribution in [3.8, 4) is 11.5 Å². The Morgan fingerprint density at radius 1 is 0.889 bits per heavy atom. The fourth-order valence-electron chi connectivity index (χ4n) is 2.97. The summed E-state index contributed by atoms with van der Waals surface area (Å²) >= 11 is 1.70. The van der Waals surface area contributed by atoms with Gasteiger partial charge in [-0.25, -0.2) is 4.98 Å². The Morgan fingerprint density at radius 3 is 2.41 bits per heavy atom. The van der Waals surface area contributed by atoms with Crippen LogP contribution in [0.2, 0.25) is 0 Å². The quantitative estimate of drug-likeness (QED) is 0.408. The predicted molar refractivity (Wildman–Crippen MR) is 113 cm³/mol. The molecular weight excluding hydrogens is 354 g/mol. The maximum Gasteiger partial charge on any atom is 0.129 e. The molecule has 0 saturated carbocycles. The number of rotatable bonds is 5. The van der Waals surface area contributed by atoms with Gasteiger partial charge in [-0.3, -0.25) is 0 Å². The van der Waals surface area contributed by atoms with E-state index in [0.29, 0.717) is 0 Å². The number of nitrogens with zero attached hydrogens (tertiary/aromatic N) is 1. The van der Waals surface area contributed by atoms with Crippen molar-refractivity contribution in [2.24, 2.45) is 0 Å². The lowest BCUT2D eigenvalue weighted by Gasteiger charge is -2.10. The van der Waals surface area contributed by atoms with Gasteiger partial charge in [0.1, 0.15) is 16.5 Å². The van der Waals surface area contributed by atoms with E-state index >= 15 is 0 Å². The van der Waals surface area contributed by atoms with Crippen LogP contribution in [0.5, 0.6) is 11.5 Å². The second kappa shape index (κ2) is 7.64. The van der Waals surface area contributed by atoms with Gasteiger partial charge < -0.3 is 9.47 Å². The number of hydrogen-bond acceptors (Lipinski definition) is 4. The summed E-state index contributed by atoms with van der Waals surface area (Å²) in [5.41, 5.74) is 4.19. The van der Waals surface area contributed by atoms with Gasteiger partial charge in [-0.15, -0.1) is 11.3 Å². The lowest BCUT2D eigenvalue weighted by atomic mass is 10.0. The molecule has 0 radical (unpaired) electrons. The van der Waals surface area contributed by atoms with Gasteiger partial charge in [0.2, 0.25) is 0 Å². The molecule has 0 N–H and O–H groups in total. The third-order valence-corrected chi connectivity index (χ3v) is 5.42. The highest BCUT2D eigenvalue weighted by atomic mass is 32.1. The van der Waals surface area contributed by atoms with Crippen LogP contribution < -0.4 is 9.47 Å². The van der Waals surface area contributed by atoms with E-state index in [4.69, 9.17) is 14.5 Å². The van der Waals surface area contributed by atoms with Gasteiger partial charge in [0.25, 0.3) is 0 Å². The monoisotopic (exact) mass is 373 g/mol. The topological polar surface area (TPSA) is 31.4 Å². The highest BCUT2D eigenvalue weighted by Crippen LogP contribution is 2.35. The van der Waals surface area contributed by atoms with Crippen LogP contribution in [0.3, 0.4) is 0 Å². The minimum atomic E-state index is 0.767. The van der Waals surface area contributed by atoms with Crippen LogP contribution in [0.25, 0.3) is 21.9 Å². The summed E-state index contributed by atoms with van der Waals surface area (Å²) in [6.45, 7) is 0. The van der Waals surface area contributed by atoms with Crippen molar-refractivity contribution in [3.63, 3.8) is 0 Å². The molecule has 0 bridgehead atoms. The number of fused-ring (bicyclic) bond motifs is 1. The molecule has 0 amide bonds. The summed E-state index contributed by atoms with van der Waals surface area (Å²) in [6, 6.07) is 24.4. The van der Waals surface area contributed by atoms with E-state index in [1.165, 1.54) is 4.70 Å². The van der Waals surface area contributed by atoms with Gasteiger partial charge in [0.15, 0.2) is 0 Å². The lowest BCUT2D eigenvalue weighted by Crippen LogP contribution is -1.92. The number of aromatic nitrogens is 1. The van der Waals surface area contributed by atoms with E-state index in [1.54, 1.807) is 25.6 Å². The molecule has 0 aliphatic heterocycles. The van der Waals surface area contributed by atoms with E-state index in [-0.39, 0.29) is 0 Å². The molecule has 0 saturated heterocycles. The Labute approximate surface area is 162 Å². The van der Waals surface area contributed by atoms with Crippen LogP contribution in [-0.2, 0) is 0 Å². The van der Waals surface area contributed by atoms with E-state index in [0.717, 1.165) is 38.7 Å². The highest BCUT2D eigenvalue weighted by molar-refractivity contribution is 7.19. The molecule has 4 heteroatoms. The number of ether oxygens (including phenoxy) is 2. The summed E-state index contributed by atoms with van der Waals surface area (Å²) in [6.07, 6.45) is 2.13. The van der Waals surface area contributed by atoms with Crippen molar-refractivity contribution >= 4 is 33.2 Å². The maximum atomic E-state index is 5.58. The number of para-hydroxylation sites is 1. The molecule has 27 heavy (non-hydrogen) atoms. The van der Waals surface area contributed by atoms with E-state index in [2.05, 4.69) is 24.3 Å². The number of benzene rings is 3. The second-order valence-corrected chi connectivity index (χ2v) is 7.05. The van der Waals surface area contributed by atoms with Crippen molar-refractivity contribution in [3.05, 3.63) is 88.9 Å². The Kier molecular flexibility index (Phi) is 4.90. The summed E-state index contributed by atoms with van der Waals surface area (Å²) in [7, 11) is 3.33. The number of methoxy groups -OCH3 is 2. The smallest absolute Gasteiger partial charge is 0.129 e. The molecule has 0 aliphatic rings. The van der Waals surface area contributed by atoms with Crippen LogP contribution in [0, 0.1) is 0 Å². The molecule has 0 atom stereocenters. The zero-order valence-corrected chi connectivity index (χ0v) is 16.0. The Bertz CT molecular complexity index is 1070. The first kappa shape index (κ1) is 17.3. The molecule has 0 spiro atoms. The van der Waals surface area contributed by atoms with Gasteiger partial charge >= 0.3 is 0 Å². The molecular formula is C23H19NO2S. The lowest BCUT2D eigenvalue weighted by molar-refractivity contribution is 0.394. The average molecular weight is 373 g/mol. The molecule has 0 unspecified atom stereocenters. The molecule has 3 aromatic carbocycles.